The summed E-state index contributed by atoms with van der Waals surface area (Å²) in [6.07, 6.45) is 2.66. The fourth-order valence-electron chi connectivity index (χ4n) is 4.42. The molecule has 0 atom stereocenters. The summed E-state index contributed by atoms with van der Waals surface area (Å²) < 4.78 is 35.3. The molecule has 2 aliphatic rings. The Morgan fingerprint density at radius 3 is 1.91 bits per heavy atom. The van der Waals surface area contributed by atoms with E-state index in [0.717, 1.165) is 19.3 Å². The van der Waals surface area contributed by atoms with Crippen molar-refractivity contribution < 1.29 is 22.7 Å². The van der Waals surface area contributed by atoms with Crippen molar-refractivity contribution in [2.45, 2.75) is 19.3 Å². The van der Waals surface area contributed by atoms with Gasteiger partial charge in [0.1, 0.15) is 17.2 Å². The molecule has 1 saturated heterocycles. The average molecular weight is 489 g/mol. The normalized spacial score (nSPS) is 16.2. The Morgan fingerprint density at radius 1 is 0.686 bits per heavy atom. The zero-order chi connectivity index (χ0) is 24.4. The van der Waals surface area contributed by atoms with Crippen molar-refractivity contribution in [1.29, 1.82) is 0 Å². The standard InChI is InChI=1S/C27H24N2O5S/c30-25-22-11-5-6-12-23(22)26(31)27(24(25)29-17-7-2-8-18-29)35(32,33)28-19-13-15-21(16-14-19)34-20-9-3-1-4-10-20/h1,3-6,9-16,28H,2,7-8,17-18H2. The Hall–Kier alpha value is -3.91. The number of nitrogens with one attached hydrogen (secondary N) is 1. The molecule has 1 aliphatic carbocycles. The second-order valence-corrected chi connectivity index (χ2v) is 10.1. The van der Waals surface area contributed by atoms with Crippen molar-refractivity contribution in [1.82, 2.24) is 4.90 Å². The molecule has 0 saturated carbocycles. The van der Waals surface area contributed by atoms with Crippen LogP contribution in [0.5, 0.6) is 11.5 Å². The van der Waals surface area contributed by atoms with E-state index in [2.05, 4.69) is 4.72 Å². The van der Waals surface area contributed by atoms with Gasteiger partial charge in [-0.15, -0.1) is 0 Å². The molecule has 0 unspecified atom stereocenters. The topological polar surface area (TPSA) is 92.8 Å². The van der Waals surface area contributed by atoms with Crippen LogP contribution in [0.25, 0.3) is 0 Å². The lowest BCUT2D eigenvalue weighted by atomic mass is 9.91. The van der Waals surface area contributed by atoms with Crippen LogP contribution in [-0.4, -0.2) is 38.0 Å². The Labute approximate surface area is 204 Å². The van der Waals surface area contributed by atoms with Gasteiger partial charge in [-0.2, -0.15) is 0 Å². The Kier molecular flexibility index (Phi) is 6.13. The van der Waals surface area contributed by atoms with Crippen LogP contribution in [0.15, 0.2) is 89.5 Å². The van der Waals surface area contributed by atoms with E-state index in [-0.39, 0.29) is 22.5 Å². The third-order valence-corrected chi connectivity index (χ3v) is 7.50. The van der Waals surface area contributed by atoms with E-state index in [9.17, 15) is 18.0 Å². The van der Waals surface area contributed by atoms with Gasteiger partial charge in [0.05, 0.1) is 0 Å². The molecule has 8 heteroatoms. The molecule has 0 bridgehead atoms. The first-order valence-electron chi connectivity index (χ1n) is 11.5. The van der Waals surface area contributed by atoms with Gasteiger partial charge < -0.3 is 9.64 Å². The first kappa shape index (κ1) is 22.9. The second kappa shape index (κ2) is 9.38. The number of ketones is 2. The molecule has 1 N–H and O–H groups in total. The number of likely N-dealkylation sites (tertiary alicyclic amines) is 1. The van der Waals surface area contributed by atoms with Crippen LogP contribution in [0, 0.1) is 0 Å². The van der Waals surface area contributed by atoms with Gasteiger partial charge in [0.15, 0.2) is 4.91 Å². The fourth-order valence-corrected chi connectivity index (χ4v) is 5.79. The summed E-state index contributed by atoms with van der Waals surface area (Å²) in [6.45, 7) is 1.06. The fraction of sp³-hybridized carbons (Fsp3) is 0.185. The summed E-state index contributed by atoms with van der Waals surface area (Å²) in [7, 11) is -4.35. The SMILES string of the molecule is O=C1C(N2CCCCC2)=C(S(=O)(=O)Nc2ccc(Oc3ccccc3)cc2)C(=O)c2ccccc21. The summed E-state index contributed by atoms with van der Waals surface area (Å²) in [4.78, 5) is 28.1. The molecule has 178 valence electrons. The van der Waals surface area contributed by atoms with Crippen molar-refractivity contribution in [2.24, 2.45) is 0 Å². The highest BCUT2D eigenvalue weighted by molar-refractivity contribution is 7.97. The van der Waals surface area contributed by atoms with Crippen molar-refractivity contribution in [3.63, 3.8) is 0 Å². The Balaban J connectivity index is 1.48. The van der Waals surface area contributed by atoms with Crippen LogP contribution in [0.1, 0.15) is 40.0 Å². The van der Waals surface area contributed by atoms with Gasteiger partial charge in [0.2, 0.25) is 11.6 Å². The molecule has 3 aromatic carbocycles. The van der Waals surface area contributed by atoms with Gasteiger partial charge in [0.25, 0.3) is 10.0 Å². The van der Waals surface area contributed by atoms with Gasteiger partial charge in [-0.05, 0) is 55.7 Å². The molecule has 1 fully saturated rings. The molecule has 1 aliphatic heterocycles. The highest BCUT2D eigenvalue weighted by atomic mass is 32.2. The van der Waals surface area contributed by atoms with E-state index in [1.165, 1.54) is 6.07 Å². The summed E-state index contributed by atoms with van der Waals surface area (Å²) in [6, 6.07) is 22.0. The number of para-hydroxylation sites is 1. The third kappa shape index (κ3) is 4.57. The molecule has 7 nitrogen and oxygen atoms in total. The van der Waals surface area contributed by atoms with Gasteiger partial charge >= 0.3 is 0 Å². The Bertz CT molecular complexity index is 1410. The molecule has 5 rings (SSSR count). The van der Waals surface area contributed by atoms with Crippen LogP contribution < -0.4 is 9.46 Å². The number of carbonyl (C=O) groups excluding carboxylic acids is 2. The number of fused-ring (bicyclic) bond motifs is 1. The average Bonchev–Trinajstić information content (AvgIpc) is 2.88. The van der Waals surface area contributed by atoms with Gasteiger partial charge in [-0.25, -0.2) is 8.42 Å². The number of nitrogens with zero attached hydrogens (tertiary/aromatic N) is 1. The number of sulfonamides is 1. The number of allylic oxidation sites excluding steroid dienone is 2. The van der Waals surface area contributed by atoms with Crippen molar-refractivity contribution in [3.8, 4) is 11.5 Å². The number of ether oxygens (including phenoxy) is 1. The summed E-state index contributed by atoms with van der Waals surface area (Å²) in [5.74, 6) is 0.0822. The van der Waals surface area contributed by atoms with E-state index in [1.54, 1.807) is 47.4 Å². The zero-order valence-electron chi connectivity index (χ0n) is 18.9. The van der Waals surface area contributed by atoms with E-state index < -0.39 is 26.5 Å². The quantitative estimate of drug-likeness (QED) is 0.525. The van der Waals surface area contributed by atoms with Gasteiger partial charge in [-0.1, -0.05) is 42.5 Å². The number of anilines is 1. The van der Waals surface area contributed by atoms with E-state index in [0.29, 0.717) is 24.6 Å². The van der Waals surface area contributed by atoms with Crippen molar-refractivity contribution in [2.75, 3.05) is 17.8 Å². The van der Waals surface area contributed by atoms with Crippen LogP contribution in [-0.2, 0) is 10.0 Å². The zero-order valence-corrected chi connectivity index (χ0v) is 19.8. The van der Waals surface area contributed by atoms with Crippen molar-refractivity contribution in [3.05, 3.63) is 101 Å². The molecule has 0 aromatic heterocycles. The summed E-state index contributed by atoms with van der Waals surface area (Å²) in [5.41, 5.74) is 0.560. The molecule has 1 heterocycles. The summed E-state index contributed by atoms with van der Waals surface area (Å²) in [5, 5.41) is 0. The molecular formula is C27H24N2O5S. The van der Waals surface area contributed by atoms with E-state index in [4.69, 9.17) is 4.74 Å². The first-order chi connectivity index (χ1) is 16.9. The summed E-state index contributed by atoms with van der Waals surface area (Å²) >= 11 is 0. The number of piperidine rings is 1. The predicted molar refractivity (Wildman–Crippen MR) is 133 cm³/mol. The minimum atomic E-state index is -4.35. The first-order valence-corrected chi connectivity index (χ1v) is 13.0. The highest BCUT2D eigenvalue weighted by Gasteiger charge is 2.41. The lowest BCUT2D eigenvalue weighted by Gasteiger charge is -2.33. The monoisotopic (exact) mass is 488 g/mol. The second-order valence-electron chi connectivity index (χ2n) is 8.47. The predicted octanol–water partition coefficient (Wildman–Crippen LogP) is 5.00. The highest BCUT2D eigenvalue weighted by Crippen LogP contribution is 2.34. The Morgan fingerprint density at radius 2 is 1.26 bits per heavy atom. The molecule has 0 spiro atoms. The van der Waals surface area contributed by atoms with Crippen LogP contribution in [0.3, 0.4) is 0 Å². The van der Waals surface area contributed by atoms with E-state index >= 15 is 0 Å². The lowest BCUT2D eigenvalue weighted by molar-refractivity contribution is 0.0939. The van der Waals surface area contributed by atoms with E-state index in [1.807, 2.05) is 30.3 Å². The molecular weight excluding hydrogens is 464 g/mol. The minimum absolute atomic E-state index is 0.0371. The molecule has 0 radical (unpaired) electrons. The number of Topliss-reactive ketones (excluding diaryl/α,β-unsaturated/α-hetero) is 2. The maximum Gasteiger partial charge on any atom is 0.268 e. The number of carbonyl (C=O) groups is 2. The molecule has 3 aromatic rings. The smallest absolute Gasteiger partial charge is 0.268 e. The molecule has 0 amide bonds. The minimum Gasteiger partial charge on any atom is -0.457 e. The maximum atomic E-state index is 13.5. The largest absolute Gasteiger partial charge is 0.457 e. The molecule has 35 heavy (non-hydrogen) atoms. The maximum absolute atomic E-state index is 13.5. The number of benzene rings is 3. The number of hydrogen-bond acceptors (Lipinski definition) is 6. The van der Waals surface area contributed by atoms with Crippen LogP contribution in [0.2, 0.25) is 0 Å². The van der Waals surface area contributed by atoms with Gasteiger partial charge in [0, 0.05) is 29.9 Å². The van der Waals surface area contributed by atoms with Crippen LogP contribution in [0.4, 0.5) is 5.69 Å². The van der Waals surface area contributed by atoms with Crippen LogP contribution >= 0.6 is 0 Å². The number of rotatable bonds is 6. The van der Waals surface area contributed by atoms with Gasteiger partial charge in [-0.3, -0.25) is 14.3 Å². The number of hydrogen-bond donors (Lipinski definition) is 1. The lowest BCUT2D eigenvalue weighted by Crippen LogP contribution is -2.40. The third-order valence-electron chi connectivity index (χ3n) is 6.08. The van der Waals surface area contributed by atoms with Crippen molar-refractivity contribution >= 4 is 27.3 Å².